The molecule has 2 aromatic carbocycles. The van der Waals surface area contributed by atoms with Crippen molar-refractivity contribution in [3.05, 3.63) is 127 Å². The van der Waals surface area contributed by atoms with Crippen molar-refractivity contribution in [2.24, 2.45) is 4.99 Å². The molecule has 0 N–H and O–H groups in total. The number of thiazole rings is 1. The van der Waals surface area contributed by atoms with Crippen LogP contribution in [0.2, 0.25) is 0 Å². The van der Waals surface area contributed by atoms with Crippen molar-refractivity contribution in [1.29, 1.82) is 0 Å². The molecule has 0 bridgehead atoms. The molecule has 0 spiro atoms. The van der Waals surface area contributed by atoms with Crippen LogP contribution in [0.15, 0.2) is 105 Å². The molecule has 0 saturated carbocycles. The molecule has 9 nitrogen and oxygen atoms in total. The number of carbonyl (C=O) groups excluding carboxylic acids is 2. The Bertz CT molecular complexity index is 1780. The number of carbonyl (C=O) groups is 2. The van der Waals surface area contributed by atoms with Crippen molar-refractivity contribution in [1.82, 2.24) is 4.57 Å². The molecule has 4 aromatic rings. The smallest absolute Gasteiger partial charge is 0.379 e. The molecule has 1 aliphatic heterocycles. The first kappa shape index (κ1) is 26.6. The zero-order chi connectivity index (χ0) is 28.2. The van der Waals surface area contributed by atoms with Crippen LogP contribution in [0.25, 0.3) is 6.08 Å². The number of methoxy groups -OCH3 is 1. The van der Waals surface area contributed by atoms with Crippen LogP contribution in [0.4, 0.5) is 0 Å². The van der Waals surface area contributed by atoms with Gasteiger partial charge in [-0.3, -0.25) is 9.36 Å². The fraction of sp³-hybridized carbons (Fsp3) is 0.133. The summed E-state index contributed by atoms with van der Waals surface area (Å²) in [6.07, 6.45) is 4.82. The minimum absolute atomic E-state index is 0.0710. The summed E-state index contributed by atoms with van der Waals surface area (Å²) in [6.45, 7) is 5.74. The summed E-state index contributed by atoms with van der Waals surface area (Å²) < 4.78 is 23.0. The molecule has 0 radical (unpaired) electrons. The third-order valence-electron chi connectivity index (χ3n) is 6.10. The Morgan fingerprint density at radius 3 is 2.45 bits per heavy atom. The maximum absolute atomic E-state index is 13.7. The Labute approximate surface area is 232 Å². The van der Waals surface area contributed by atoms with Gasteiger partial charge in [0.2, 0.25) is 5.76 Å². The fourth-order valence-electron chi connectivity index (χ4n) is 4.25. The van der Waals surface area contributed by atoms with Gasteiger partial charge in [0.15, 0.2) is 4.80 Å². The average molecular weight is 557 g/mol. The Hall–Kier alpha value is -4.96. The van der Waals surface area contributed by atoms with Crippen LogP contribution in [-0.2, 0) is 9.53 Å². The lowest BCUT2D eigenvalue weighted by atomic mass is 9.96. The van der Waals surface area contributed by atoms with E-state index in [0.29, 0.717) is 33.0 Å². The van der Waals surface area contributed by atoms with Gasteiger partial charge in [-0.1, -0.05) is 48.3 Å². The van der Waals surface area contributed by atoms with E-state index in [1.807, 2.05) is 24.3 Å². The molecule has 202 valence electrons. The van der Waals surface area contributed by atoms with Crippen LogP contribution < -0.4 is 24.4 Å². The molecule has 0 aliphatic carbocycles. The van der Waals surface area contributed by atoms with Crippen molar-refractivity contribution >= 4 is 29.4 Å². The molecule has 2 aromatic heterocycles. The van der Waals surface area contributed by atoms with E-state index in [-0.39, 0.29) is 22.6 Å². The number of hydrogen-bond acceptors (Lipinski definition) is 9. The number of allylic oxidation sites excluding steroid dienone is 1. The van der Waals surface area contributed by atoms with Crippen molar-refractivity contribution in [2.45, 2.75) is 13.0 Å². The second-order valence-corrected chi connectivity index (χ2v) is 9.69. The van der Waals surface area contributed by atoms with E-state index in [1.54, 1.807) is 49.4 Å². The molecule has 0 amide bonds. The fourth-order valence-corrected chi connectivity index (χ4v) is 5.29. The third kappa shape index (κ3) is 5.29. The lowest BCUT2D eigenvalue weighted by molar-refractivity contribution is -0.136. The third-order valence-corrected chi connectivity index (χ3v) is 7.08. The van der Waals surface area contributed by atoms with Crippen molar-refractivity contribution in [3.63, 3.8) is 0 Å². The van der Waals surface area contributed by atoms with Crippen LogP contribution in [0, 0.1) is 0 Å². The summed E-state index contributed by atoms with van der Waals surface area (Å²) in [5, 5.41) is 0. The van der Waals surface area contributed by atoms with E-state index in [4.69, 9.17) is 18.6 Å². The SMILES string of the molecule is C=CCOc1ccc(/C=c2/sc3n(c2=O)[C@@H](c2ccc(OC(=O)c4ccco4)cc2)C(C(=O)OC)=C(C)N=3)cc1. The number of benzene rings is 2. The summed E-state index contributed by atoms with van der Waals surface area (Å²) in [5.41, 5.74) is 1.80. The normalized spacial score (nSPS) is 14.8. The number of hydrogen-bond donors (Lipinski definition) is 0. The lowest BCUT2D eigenvalue weighted by Gasteiger charge is -2.24. The predicted molar refractivity (Wildman–Crippen MR) is 148 cm³/mol. The monoisotopic (exact) mass is 556 g/mol. The van der Waals surface area contributed by atoms with Crippen LogP contribution in [0.1, 0.15) is 34.6 Å². The van der Waals surface area contributed by atoms with Gasteiger partial charge in [0, 0.05) is 0 Å². The Morgan fingerprint density at radius 1 is 1.07 bits per heavy atom. The standard InChI is InChI=1S/C30H24N2O7S/c1-4-15-37-21-11-7-19(8-12-21)17-24-27(33)32-26(25(29(35)36-3)18(2)31-30(32)40-24)20-9-13-22(14-10-20)39-28(34)23-6-5-16-38-23/h4-14,16-17,26H,1,15H2,2-3H3/b24-17+/t26-/m0/s1. The van der Waals surface area contributed by atoms with Crippen molar-refractivity contribution < 1.29 is 28.2 Å². The maximum atomic E-state index is 13.7. The van der Waals surface area contributed by atoms with Crippen LogP contribution in [-0.4, -0.2) is 30.2 Å². The van der Waals surface area contributed by atoms with E-state index >= 15 is 0 Å². The maximum Gasteiger partial charge on any atom is 0.379 e. The van der Waals surface area contributed by atoms with E-state index < -0.39 is 18.0 Å². The van der Waals surface area contributed by atoms with E-state index in [1.165, 1.54) is 35.3 Å². The molecule has 1 aliphatic rings. The highest BCUT2D eigenvalue weighted by molar-refractivity contribution is 7.07. The predicted octanol–water partition coefficient (Wildman–Crippen LogP) is 3.79. The van der Waals surface area contributed by atoms with Gasteiger partial charge in [-0.15, -0.1) is 0 Å². The quantitative estimate of drug-likeness (QED) is 0.185. The molecule has 1 atom stereocenters. The molecule has 3 heterocycles. The van der Waals surface area contributed by atoms with Gasteiger partial charge in [0.05, 0.1) is 35.2 Å². The molecule has 5 rings (SSSR count). The van der Waals surface area contributed by atoms with E-state index in [0.717, 1.165) is 5.56 Å². The highest BCUT2D eigenvalue weighted by Gasteiger charge is 2.33. The lowest BCUT2D eigenvalue weighted by Crippen LogP contribution is -2.39. The number of aromatic nitrogens is 1. The largest absolute Gasteiger partial charge is 0.490 e. The van der Waals surface area contributed by atoms with Gasteiger partial charge < -0.3 is 18.6 Å². The number of nitrogens with zero attached hydrogens (tertiary/aromatic N) is 2. The number of fused-ring (bicyclic) bond motifs is 1. The van der Waals surface area contributed by atoms with E-state index in [9.17, 15) is 14.4 Å². The van der Waals surface area contributed by atoms with Crippen LogP contribution >= 0.6 is 11.3 Å². The first-order valence-electron chi connectivity index (χ1n) is 12.2. The molecule has 0 saturated heterocycles. The highest BCUT2D eigenvalue weighted by Crippen LogP contribution is 2.31. The summed E-state index contributed by atoms with van der Waals surface area (Å²) in [6, 6.07) is 16.2. The summed E-state index contributed by atoms with van der Waals surface area (Å²) in [4.78, 5) is 43.8. The minimum Gasteiger partial charge on any atom is -0.490 e. The Morgan fingerprint density at radius 2 is 1.80 bits per heavy atom. The number of ether oxygens (including phenoxy) is 3. The first-order valence-corrected chi connectivity index (χ1v) is 13.0. The van der Waals surface area contributed by atoms with Gasteiger partial charge in [0.25, 0.3) is 5.56 Å². The Balaban J connectivity index is 1.53. The van der Waals surface area contributed by atoms with Gasteiger partial charge in [-0.25, -0.2) is 14.6 Å². The zero-order valence-corrected chi connectivity index (χ0v) is 22.5. The van der Waals surface area contributed by atoms with E-state index in [2.05, 4.69) is 11.6 Å². The average Bonchev–Trinajstić information content (AvgIpc) is 3.61. The van der Waals surface area contributed by atoms with Crippen molar-refractivity contribution in [2.75, 3.05) is 13.7 Å². The second-order valence-electron chi connectivity index (χ2n) is 8.68. The van der Waals surface area contributed by atoms with Gasteiger partial charge >= 0.3 is 11.9 Å². The van der Waals surface area contributed by atoms with Gasteiger partial charge in [-0.2, -0.15) is 0 Å². The zero-order valence-electron chi connectivity index (χ0n) is 21.7. The van der Waals surface area contributed by atoms with Gasteiger partial charge in [-0.05, 0) is 60.5 Å². The molecular formula is C30H24N2O7S. The molecule has 0 unspecified atom stereocenters. The topological polar surface area (TPSA) is 109 Å². The van der Waals surface area contributed by atoms with Crippen LogP contribution in [0.3, 0.4) is 0 Å². The molecule has 0 fully saturated rings. The summed E-state index contributed by atoms with van der Waals surface area (Å²) in [7, 11) is 1.28. The second kappa shape index (κ2) is 11.4. The minimum atomic E-state index is -0.796. The highest BCUT2D eigenvalue weighted by atomic mass is 32.1. The number of furan rings is 1. The summed E-state index contributed by atoms with van der Waals surface area (Å²) >= 11 is 1.23. The van der Waals surface area contributed by atoms with Crippen molar-refractivity contribution in [3.8, 4) is 11.5 Å². The number of rotatable bonds is 8. The number of esters is 2. The van der Waals surface area contributed by atoms with Gasteiger partial charge in [0.1, 0.15) is 18.1 Å². The molecule has 40 heavy (non-hydrogen) atoms. The Kier molecular flexibility index (Phi) is 7.61. The first-order chi connectivity index (χ1) is 19.4. The molecule has 10 heteroatoms. The molecular weight excluding hydrogens is 532 g/mol. The summed E-state index contributed by atoms with van der Waals surface area (Å²) in [5.74, 6) is -0.198. The van der Waals surface area contributed by atoms with Crippen LogP contribution in [0.5, 0.6) is 11.5 Å².